The first-order valence-electron chi connectivity index (χ1n) is 10.2. The summed E-state index contributed by atoms with van der Waals surface area (Å²) in [5, 5.41) is 9.68. The maximum absolute atomic E-state index is 9.68. The Balaban J connectivity index is 1.37. The fourth-order valence-corrected chi connectivity index (χ4v) is 5.27. The van der Waals surface area contributed by atoms with E-state index in [2.05, 4.69) is 24.8 Å². The largest absolute Gasteiger partial charge is 0.393 e. The van der Waals surface area contributed by atoms with E-state index in [0.717, 1.165) is 42.4 Å². The summed E-state index contributed by atoms with van der Waals surface area (Å²) >= 11 is 0. The van der Waals surface area contributed by atoms with Gasteiger partial charge in [0.15, 0.2) is 0 Å². The van der Waals surface area contributed by atoms with Gasteiger partial charge in [0.2, 0.25) is 0 Å². The molecule has 3 aliphatic carbocycles. The maximum atomic E-state index is 9.68. The lowest BCUT2D eigenvalue weighted by atomic mass is 9.70. The highest BCUT2D eigenvalue weighted by Crippen LogP contribution is 2.40. The van der Waals surface area contributed by atoms with Crippen LogP contribution in [0.15, 0.2) is 24.8 Å². The van der Waals surface area contributed by atoms with E-state index in [-0.39, 0.29) is 6.10 Å². The van der Waals surface area contributed by atoms with E-state index in [9.17, 15) is 5.11 Å². The molecule has 0 atom stereocenters. The summed E-state index contributed by atoms with van der Waals surface area (Å²) in [5.41, 5.74) is 0. The fraction of sp³-hybridized carbons (Fsp3) is 0.818. The molecule has 0 amide bonds. The summed E-state index contributed by atoms with van der Waals surface area (Å²) in [6, 6.07) is 0. The molecule has 130 valence electrons. The van der Waals surface area contributed by atoms with Crippen LogP contribution in [0.5, 0.6) is 0 Å². The summed E-state index contributed by atoms with van der Waals surface area (Å²) in [6.07, 6.45) is 23.0. The van der Waals surface area contributed by atoms with Crippen molar-refractivity contribution in [1.29, 1.82) is 0 Å². The smallest absolute Gasteiger partial charge is 0.0540 e. The van der Waals surface area contributed by atoms with E-state index in [1.165, 1.54) is 64.2 Å². The fourth-order valence-electron chi connectivity index (χ4n) is 5.27. The van der Waals surface area contributed by atoms with Crippen LogP contribution in [0.25, 0.3) is 0 Å². The van der Waals surface area contributed by atoms with E-state index in [4.69, 9.17) is 0 Å². The topological polar surface area (TPSA) is 20.2 Å². The minimum absolute atomic E-state index is 0.00158. The summed E-state index contributed by atoms with van der Waals surface area (Å²) in [6.45, 7) is 3.95. The van der Waals surface area contributed by atoms with Crippen molar-refractivity contribution >= 4 is 0 Å². The summed E-state index contributed by atoms with van der Waals surface area (Å²) in [4.78, 5) is 0. The Morgan fingerprint density at radius 1 is 0.565 bits per heavy atom. The highest BCUT2D eigenvalue weighted by Gasteiger charge is 2.29. The van der Waals surface area contributed by atoms with Gasteiger partial charge in [0.1, 0.15) is 0 Å². The molecule has 0 unspecified atom stereocenters. The average Bonchev–Trinajstić information content (AvgIpc) is 2.61. The minimum Gasteiger partial charge on any atom is -0.393 e. The van der Waals surface area contributed by atoms with Gasteiger partial charge in [-0.15, -0.1) is 6.58 Å². The van der Waals surface area contributed by atoms with Crippen molar-refractivity contribution in [3.05, 3.63) is 24.8 Å². The first-order chi connectivity index (χ1) is 11.2. The van der Waals surface area contributed by atoms with Crippen LogP contribution in [0.4, 0.5) is 0 Å². The lowest BCUT2D eigenvalue weighted by molar-refractivity contribution is 0.0793. The van der Waals surface area contributed by atoms with Gasteiger partial charge >= 0.3 is 0 Å². The predicted octanol–water partition coefficient (Wildman–Crippen LogP) is 5.89. The van der Waals surface area contributed by atoms with E-state index in [0.29, 0.717) is 0 Å². The molecule has 3 saturated carbocycles. The Bertz CT molecular complexity index is 375. The van der Waals surface area contributed by atoms with E-state index < -0.39 is 0 Å². The van der Waals surface area contributed by atoms with Crippen molar-refractivity contribution in [2.45, 2.75) is 83.2 Å². The second-order valence-electron chi connectivity index (χ2n) is 8.54. The Labute approximate surface area is 143 Å². The van der Waals surface area contributed by atoms with E-state index >= 15 is 0 Å². The molecule has 3 aliphatic rings. The van der Waals surface area contributed by atoms with Gasteiger partial charge in [-0.3, -0.25) is 0 Å². The highest BCUT2D eigenvalue weighted by molar-refractivity contribution is 4.98. The summed E-state index contributed by atoms with van der Waals surface area (Å²) < 4.78 is 0. The van der Waals surface area contributed by atoms with Crippen molar-refractivity contribution in [3.63, 3.8) is 0 Å². The normalized spacial score (nSPS) is 42.7. The third kappa shape index (κ3) is 4.95. The SMILES string of the molecule is C=CC1CCC(/C=C/C2CCC(C3CCC(O)CC3)CC2)CC1. The lowest BCUT2D eigenvalue weighted by Gasteiger charge is -2.36. The first-order valence-corrected chi connectivity index (χ1v) is 10.2. The number of allylic oxidation sites excluding steroid dienone is 3. The monoisotopic (exact) mass is 316 g/mol. The van der Waals surface area contributed by atoms with Crippen LogP contribution >= 0.6 is 0 Å². The molecular formula is C22H36O. The van der Waals surface area contributed by atoms with Gasteiger partial charge in [-0.05, 0) is 107 Å². The Kier molecular flexibility index (Phi) is 6.39. The second kappa shape index (κ2) is 8.51. The quantitative estimate of drug-likeness (QED) is 0.641. The number of aliphatic hydroxyl groups excluding tert-OH is 1. The van der Waals surface area contributed by atoms with E-state index in [1.807, 2.05) is 0 Å². The molecule has 0 heterocycles. The van der Waals surface area contributed by atoms with Crippen molar-refractivity contribution in [3.8, 4) is 0 Å². The van der Waals surface area contributed by atoms with Crippen LogP contribution < -0.4 is 0 Å². The zero-order valence-electron chi connectivity index (χ0n) is 14.8. The molecule has 0 bridgehead atoms. The van der Waals surface area contributed by atoms with Crippen molar-refractivity contribution in [2.24, 2.45) is 29.6 Å². The van der Waals surface area contributed by atoms with E-state index in [1.54, 1.807) is 0 Å². The summed E-state index contributed by atoms with van der Waals surface area (Å²) in [5.74, 6) is 4.33. The molecule has 1 N–H and O–H groups in total. The van der Waals surface area contributed by atoms with Crippen LogP contribution in [0.3, 0.4) is 0 Å². The average molecular weight is 317 g/mol. The molecule has 0 saturated heterocycles. The molecule has 1 heteroatoms. The van der Waals surface area contributed by atoms with Crippen LogP contribution in [-0.4, -0.2) is 11.2 Å². The van der Waals surface area contributed by atoms with Crippen LogP contribution in [0.2, 0.25) is 0 Å². The number of aliphatic hydroxyl groups is 1. The Morgan fingerprint density at radius 2 is 0.957 bits per heavy atom. The zero-order chi connectivity index (χ0) is 16.1. The van der Waals surface area contributed by atoms with Gasteiger partial charge in [-0.1, -0.05) is 18.2 Å². The standard InChI is InChI=1S/C22H36O/c1-2-17-3-5-18(6-4-17)7-8-19-9-11-20(12-10-19)21-13-15-22(23)16-14-21/h2,7-8,17-23H,1,3-6,9-16H2/b8-7+. The molecule has 0 aliphatic heterocycles. The van der Waals surface area contributed by atoms with Gasteiger partial charge in [0.25, 0.3) is 0 Å². The molecule has 0 aromatic carbocycles. The zero-order valence-corrected chi connectivity index (χ0v) is 14.8. The molecule has 0 radical (unpaired) electrons. The lowest BCUT2D eigenvalue weighted by Crippen LogP contribution is -2.27. The minimum atomic E-state index is 0.00158. The maximum Gasteiger partial charge on any atom is 0.0540 e. The van der Waals surface area contributed by atoms with Crippen LogP contribution in [0, 0.1) is 29.6 Å². The molecule has 3 fully saturated rings. The Morgan fingerprint density at radius 3 is 1.43 bits per heavy atom. The van der Waals surface area contributed by atoms with Crippen molar-refractivity contribution in [2.75, 3.05) is 0 Å². The van der Waals surface area contributed by atoms with Gasteiger partial charge < -0.3 is 5.11 Å². The molecule has 0 aromatic rings. The van der Waals surface area contributed by atoms with Gasteiger partial charge in [0.05, 0.1) is 6.10 Å². The number of hydrogen-bond acceptors (Lipinski definition) is 1. The molecule has 3 rings (SSSR count). The molecular weight excluding hydrogens is 280 g/mol. The Hall–Kier alpha value is -0.560. The molecule has 0 aromatic heterocycles. The number of rotatable bonds is 4. The summed E-state index contributed by atoms with van der Waals surface area (Å²) in [7, 11) is 0. The predicted molar refractivity (Wildman–Crippen MR) is 98.2 cm³/mol. The second-order valence-corrected chi connectivity index (χ2v) is 8.54. The van der Waals surface area contributed by atoms with Crippen LogP contribution in [-0.2, 0) is 0 Å². The van der Waals surface area contributed by atoms with Crippen molar-refractivity contribution in [1.82, 2.24) is 0 Å². The van der Waals surface area contributed by atoms with Gasteiger partial charge in [-0.2, -0.15) is 0 Å². The van der Waals surface area contributed by atoms with Gasteiger partial charge in [0, 0.05) is 0 Å². The molecule has 1 nitrogen and oxygen atoms in total. The van der Waals surface area contributed by atoms with Crippen molar-refractivity contribution < 1.29 is 5.11 Å². The first kappa shape index (κ1) is 17.3. The third-order valence-corrected chi connectivity index (χ3v) is 7.03. The van der Waals surface area contributed by atoms with Gasteiger partial charge in [-0.25, -0.2) is 0 Å². The third-order valence-electron chi connectivity index (χ3n) is 7.03. The molecule has 0 spiro atoms. The van der Waals surface area contributed by atoms with Crippen LogP contribution in [0.1, 0.15) is 77.0 Å². The number of hydrogen-bond donors (Lipinski definition) is 1. The highest BCUT2D eigenvalue weighted by atomic mass is 16.3. The molecule has 23 heavy (non-hydrogen) atoms.